The first-order chi connectivity index (χ1) is 8.65. The lowest BCUT2D eigenvalue weighted by Crippen LogP contribution is -2.08. The molecular formula is C14H19N3O. The van der Waals surface area contributed by atoms with E-state index >= 15 is 0 Å². The molecule has 96 valence electrons. The zero-order valence-electron chi connectivity index (χ0n) is 11.1. The second-order valence-corrected chi connectivity index (χ2v) is 4.70. The number of aromatic nitrogens is 3. The summed E-state index contributed by atoms with van der Waals surface area (Å²) in [4.78, 5) is 0. The second-order valence-electron chi connectivity index (χ2n) is 4.70. The van der Waals surface area contributed by atoms with Crippen LogP contribution in [0.5, 0.6) is 5.75 Å². The van der Waals surface area contributed by atoms with E-state index in [1.165, 1.54) is 5.56 Å². The number of hydrogen-bond acceptors (Lipinski definition) is 3. The van der Waals surface area contributed by atoms with Crippen molar-refractivity contribution in [1.29, 1.82) is 0 Å². The van der Waals surface area contributed by atoms with Gasteiger partial charge in [0.05, 0.1) is 12.2 Å². The Hall–Kier alpha value is -1.84. The predicted molar refractivity (Wildman–Crippen MR) is 70.8 cm³/mol. The lowest BCUT2D eigenvalue weighted by molar-refractivity contribution is 0.289. The van der Waals surface area contributed by atoms with Gasteiger partial charge in [0.1, 0.15) is 12.4 Å². The first kappa shape index (κ1) is 12.6. The molecule has 0 unspecified atom stereocenters. The second kappa shape index (κ2) is 5.67. The molecule has 4 heteroatoms. The van der Waals surface area contributed by atoms with Crippen molar-refractivity contribution in [2.75, 3.05) is 6.61 Å². The summed E-state index contributed by atoms with van der Waals surface area (Å²) in [6.07, 6.45) is 1.91. The van der Waals surface area contributed by atoms with E-state index in [1.54, 1.807) is 4.68 Å². The van der Waals surface area contributed by atoms with Crippen molar-refractivity contribution in [3.05, 3.63) is 41.7 Å². The summed E-state index contributed by atoms with van der Waals surface area (Å²) in [7, 11) is 0. The minimum Gasteiger partial charge on any atom is -0.492 e. The molecule has 0 N–H and O–H groups in total. The quantitative estimate of drug-likeness (QED) is 0.813. The zero-order valence-corrected chi connectivity index (χ0v) is 11.1. The number of aryl methyl sites for hydroxylation is 1. The van der Waals surface area contributed by atoms with Crippen molar-refractivity contribution in [2.45, 2.75) is 33.2 Å². The van der Waals surface area contributed by atoms with Crippen LogP contribution in [0.3, 0.4) is 0 Å². The molecule has 0 amide bonds. The molecule has 4 nitrogen and oxygen atoms in total. The number of rotatable bonds is 5. The van der Waals surface area contributed by atoms with Crippen LogP contribution in [0.2, 0.25) is 0 Å². The van der Waals surface area contributed by atoms with Gasteiger partial charge < -0.3 is 4.74 Å². The molecule has 0 spiro atoms. The SMILES string of the molecule is Cc1cn(CCOc2ccc(C(C)C)cc2)nn1. The molecule has 18 heavy (non-hydrogen) atoms. The predicted octanol–water partition coefficient (Wildman–Crippen LogP) is 2.79. The van der Waals surface area contributed by atoms with Gasteiger partial charge in [0, 0.05) is 6.20 Å². The van der Waals surface area contributed by atoms with Crippen molar-refractivity contribution in [1.82, 2.24) is 15.0 Å². The van der Waals surface area contributed by atoms with E-state index in [9.17, 15) is 0 Å². The molecule has 0 aliphatic carbocycles. The Morgan fingerprint density at radius 3 is 2.50 bits per heavy atom. The van der Waals surface area contributed by atoms with Crippen LogP contribution in [0.25, 0.3) is 0 Å². The minimum absolute atomic E-state index is 0.553. The topological polar surface area (TPSA) is 39.9 Å². The number of ether oxygens (including phenoxy) is 1. The van der Waals surface area contributed by atoms with Crippen LogP contribution in [0.1, 0.15) is 31.0 Å². The fourth-order valence-electron chi connectivity index (χ4n) is 1.71. The lowest BCUT2D eigenvalue weighted by atomic mass is 10.0. The van der Waals surface area contributed by atoms with Crippen LogP contribution in [0.4, 0.5) is 0 Å². The Morgan fingerprint density at radius 2 is 1.94 bits per heavy atom. The van der Waals surface area contributed by atoms with E-state index in [-0.39, 0.29) is 0 Å². The van der Waals surface area contributed by atoms with Crippen LogP contribution < -0.4 is 4.74 Å². The average molecular weight is 245 g/mol. The third kappa shape index (κ3) is 3.32. The summed E-state index contributed by atoms with van der Waals surface area (Å²) in [5, 5.41) is 7.90. The van der Waals surface area contributed by atoms with Gasteiger partial charge >= 0.3 is 0 Å². The number of nitrogens with zero attached hydrogens (tertiary/aromatic N) is 3. The van der Waals surface area contributed by atoms with Crippen LogP contribution >= 0.6 is 0 Å². The van der Waals surface area contributed by atoms with Gasteiger partial charge in [-0.25, -0.2) is 4.68 Å². The van der Waals surface area contributed by atoms with Crippen molar-refractivity contribution < 1.29 is 4.74 Å². The van der Waals surface area contributed by atoms with Gasteiger partial charge in [-0.2, -0.15) is 0 Å². The molecule has 0 bridgehead atoms. The Kier molecular flexibility index (Phi) is 3.97. The van der Waals surface area contributed by atoms with Gasteiger partial charge in [0.2, 0.25) is 0 Å². The first-order valence-corrected chi connectivity index (χ1v) is 6.24. The highest BCUT2D eigenvalue weighted by Gasteiger charge is 2.00. The van der Waals surface area contributed by atoms with Crippen molar-refractivity contribution in [3.63, 3.8) is 0 Å². The van der Waals surface area contributed by atoms with Gasteiger partial charge in [0.25, 0.3) is 0 Å². The highest BCUT2D eigenvalue weighted by Crippen LogP contribution is 2.18. The summed E-state index contributed by atoms with van der Waals surface area (Å²) >= 11 is 0. The van der Waals surface area contributed by atoms with Crippen LogP contribution in [0, 0.1) is 6.92 Å². The van der Waals surface area contributed by atoms with Crippen molar-refractivity contribution >= 4 is 0 Å². The molecule has 2 aromatic rings. The molecule has 0 atom stereocenters. The molecule has 0 saturated heterocycles. The highest BCUT2D eigenvalue weighted by atomic mass is 16.5. The third-order valence-electron chi connectivity index (χ3n) is 2.79. The Morgan fingerprint density at radius 1 is 1.22 bits per heavy atom. The van der Waals surface area contributed by atoms with E-state index in [0.29, 0.717) is 19.1 Å². The first-order valence-electron chi connectivity index (χ1n) is 6.24. The van der Waals surface area contributed by atoms with Gasteiger partial charge in [0.15, 0.2) is 0 Å². The van der Waals surface area contributed by atoms with Crippen molar-refractivity contribution in [3.8, 4) is 5.75 Å². The standard InChI is InChI=1S/C14H19N3O/c1-11(2)13-4-6-14(7-5-13)18-9-8-17-10-12(3)15-16-17/h4-7,10-11H,8-9H2,1-3H3. The Balaban J connectivity index is 1.83. The summed E-state index contributed by atoms with van der Waals surface area (Å²) in [6.45, 7) is 7.61. The molecule has 1 aromatic heterocycles. The summed E-state index contributed by atoms with van der Waals surface area (Å²) in [5.74, 6) is 1.45. The number of hydrogen-bond donors (Lipinski definition) is 0. The fourth-order valence-corrected chi connectivity index (χ4v) is 1.71. The molecule has 1 heterocycles. The summed E-state index contributed by atoms with van der Waals surface area (Å²) < 4.78 is 7.45. The molecule has 0 fully saturated rings. The van der Waals surface area contributed by atoms with Crippen LogP contribution in [-0.2, 0) is 6.54 Å². The highest BCUT2D eigenvalue weighted by molar-refractivity contribution is 5.28. The molecule has 0 saturated carbocycles. The maximum atomic E-state index is 5.67. The summed E-state index contributed by atoms with van der Waals surface area (Å²) in [5.41, 5.74) is 2.26. The number of benzene rings is 1. The van der Waals surface area contributed by atoms with Crippen molar-refractivity contribution in [2.24, 2.45) is 0 Å². The Bertz CT molecular complexity index is 488. The van der Waals surface area contributed by atoms with E-state index in [0.717, 1.165) is 11.4 Å². The molecule has 0 radical (unpaired) electrons. The summed E-state index contributed by atoms with van der Waals surface area (Å²) in [6, 6.07) is 8.25. The normalized spacial score (nSPS) is 10.9. The minimum atomic E-state index is 0.553. The molecular weight excluding hydrogens is 226 g/mol. The molecule has 0 aliphatic rings. The molecule has 0 aliphatic heterocycles. The Labute approximate surface area is 108 Å². The van der Waals surface area contributed by atoms with Gasteiger partial charge in [-0.1, -0.05) is 31.2 Å². The van der Waals surface area contributed by atoms with E-state index < -0.39 is 0 Å². The maximum Gasteiger partial charge on any atom is 0.119 e. The van der Waals surface area contributed by atoms with E-state index in [2.05, 4.69) is 36.3 Å². The average Bonchev–Trinajstić information content (AvgIpc) is 2.76. The van der Waals surface area contributed by atoms with E-state index in [4.69, 9.17) is 4.74 Å². The largest absolute Gasteiger partial charge is 0.492 e. The smallest absolute Gasteiger partial charge is 0.119 e. The van der Waals surface area contributed by atoms with Crippen LogP contribution in [-0.4, -0.2) is 21.6 Å². The monoisotopic (exact) mass is 245 g/mol. The maximum absolute atomic E-state index is 5.67. The zero-order chi connectivity index (χ0) is 13.0. The van der Waals surface area contributed by atoms with Gasteiger partial charge in [-0.05, 0) is 30.5 Å². The molecule has 1 aromatic carbocycles. The van der Waals surface area contributed by atoms with Gasteiger partial charge in [-0.15, -0.1) is 5.10 Å². The van der Waals surface area contributed by atoms with Gasteiger partial charge in [-0.3, -0.25) is 0 Å². The third-order valence-corrected chi connectivity index (χ3v) is 2.79. The fraction of sp³-hybridized carbons (Fsp3) is 0.429. The molecule has 2 rings (SSSR count). The lowest BCUT2D eigenvalue weighted by Gasteiger charge is -2.08. The van der Waals surface area contributed by atoms with E-state index in [1.807, 2.05) is 25.3 Å². The van der Waals surface area contributed by atoms with Crippen LogP contribution in [0.15, 0.2) is 30.5 Å².